The van der Waals surface area contributed by atoms with Crippen molar-refractivity contribution in [3.05, 3.63) is 200 Å². The molecule has 2 heteroatoms. The van der Waals surface area contributed by atoms with Gasteiger partial charge in [-0.15, -0.1) is 11.3 Å². The van der Waals surface area contributed by atoms with Crippen LogP contribution in [0.5, 0.6) is 0 Å². The van der Waals surface area contributed by atoms with Crippen molar-refractivity contribution in [1.82, 2.24) is 0 Å². The fourth-order valence-electron chi connectivity index (χ4n) is 7.58. The van der Waals surface area contributed by atoms with Gasteiger partial charge in [-0.2, -0.15) is 0 Å². The SMILES string of the molecule is c1ccc(N(c2ccc(-c3ccc4ccccc4c3)cc2)c2ccc(-c3ccc4c(c3)sc3ccccc34)cc2)c(-c2ccc3ccccc3c2)c1. The molecule has 0 aliphatic heterocycles. The Morgan fingerprint density at radius 3 is 1.48 bits per heavy atom. The number of hydrogen-bond acceptors (Lipinski definition) is 2. The molecule has 0 atom stereocenters. The highest BCUT2D eigenvalue weighted by atomic mass is 32.1. The average molecular weight is 680 g/mol. The zero-order valence-electron chi connectivity index (χ0n) is 28.4. The summed E-state index contributed by atoms with van der Waals surface area (Å²) in [7, 11) is 0. The van der Waals surface area contributed by atoms with Crippen LogP contribution in [0.3, 0.4) is 0 Å². The van der Waals surface area contributed by atoms with Gasteiger partial charge in [0.25, 0.3) is 0 Å². The molecule has 1 aromatic heterocycles. The molecule has 10 rings (SSSR count). The van der Waals surface area contributed by atoms with Gasteiger partial charge >= 0.3 is 0 Å². The number of fused-ring (bicyclic) bond motifs is 5. The van der Waals surface area contributed by atoms with E-state index in [1.54, 1.807) is 0 Å². The molecule has 244 valence electrons. The molecule has 0 saturated heterocycles. The lowest BCUT2D eigenvalue weighted by molar-refractivity contribution is 1.28. The molecular formula is C50H33NS. The van der Waals surface area contributed by atoms with Gasteiger partial charge < -0.3 is 4.90 Å². The van der Waals surface area contributed by atoms with E-state index in [1.165, 1.54) is 75.1 Å². The Kier molecular flexibility index (Phi) is 7.41. The molecule has 0 spiro atoms. The van der Waals surface area contributed by atoms with Gasteiger partial charge in [0.2, 0.25) is 0 Å². The van der Waals surface area contributed by atoms with Crippen molar-refractivity contribution in [2.75, 3.05) is 4.90 Å². The molecule has 1 heterocycles. The van der Waals surface area contributed by atoms with Crippen LogP contribution in [0.1, 0.15) is 0 Å². The minimum absolute atomic E-state index is 1.11. The number of nitrogens with zero attached hydrogens (tertiary/aromatic N) is 1. The molecule has 0 unspecified atom stereocenters. The zero-order chi connectivity index (χ0) is 34.4. The lowest BCUT2D eigenvalue weighted by Gasteiger charge is -2.28. The summed E-state index contributed by atoms with van der Waals surface area (Å²) in [5.41, 5.74) is 10.6. The maximum atomic E-state index is 2.40. The molecule has 0 bridgehead atoms. The van der Waals surface area contributed by atoms with Gasteiger partial charge in [0, 0.05) is 37.1 Å². The molecule has 0 aliphatic carbocycles. The van der Waals surface area contributed by atoms with Crippen LogP contribution in [0.2, 0.25) is 0 Å². The highest BCUT2D eigenvalue weighted by Crippen LogP contribution is 2.43. The summed E-state index contributed by atoms with van der Waals surface area (Å²) in [4.78, 5) is 2.40. The third-order valence-electron chi connectivity index (χ3n) is 10.3. The largest absolute Gasteiger partial charge is 0.310 e. The number of benzene rings is 9. The predicted octanol–water partition coefficient (Wildman–Crippen LogP) is 14.8. The quantitative estimate of drug-likeness (QED) is 0.169. The summed E-state index contributed by atoms with van der Waals surface area (Å²) >= 11 is 1.86. The Bertz CT molecular complexity index is 2900. The van der Waals surface area contributed by atoms with Crippen LogP contribution >= 0.6 is 11.3 Å². The molecule has 9 aromatic carbocycles. The Morgan fingerprint density at radius 2 is 0.788 bits per heavy atom. The van der Waals surface area contributed by atoms with Crippen molar-refractivity contribution in [3.63, 3.8) is 0 Å². The number of rotatable bonds is 6. The first-order chi connectivity index (χ1) is 25.7. The Balaban J connectivity index is 1.07. The van der Waals surface area contributed by atoms with E-state index >= 15 is 0 Å². The summed E-state index contributed by atoms with van der Waals surface area (Å²) in [6.45, 7) is 0. The van der Waals surface area contributed by atoms with Crippen molar-refractivity contribution in [2.24, 2.45) is 0 Å². The molecule has 0 fully saturated rings. The molecule has 0 saturated carbocycles. The van der Waals surface area contributed by atoms with Crippen LogP contribution < -0.4 is 4.90 Å². The second-order valence-electron chi connectivity index (χ2n) is 13.4. The van der Waals surface area contributed by atoms with E-state index in [2.05, 4.69) is 205 Å². The van der Waals surface area contributed by atoms with Gasteiger partial charge in [0.05, 0.1) is 5.69 Å². The first kappa shape index (κ1) is 30.4. The lowest BCUT2D eigenvalue weighted by atomic mass is 9.98. The zero-order valence-corrected chi connectivity index (χ0v) is 29.2. The Morgan fingerprint density at radius 1 is 0.308 bits per heavy atom. The van der Waals surface area contributed by atoms with E-state index < -0.39 is 0 Å². The van der Waals surface area contributed by atoms with Crippen LogP contribution in [0, 0.1) is 0 Å². The van der Waals surface area contributed by atoms with Crippen molar-refractivity contribution in [2.45, 2.75) is 0 Å². The molecule has 0 radical (unpaired) electrons. The minimum atomic E-state index is 1.11. The van der Waals surface area contributed by atoms with Gasteiger partial charge in [0.1, 0.15) is 0 Å². The monoisotopic (exact) mass is 679 g/mol. The lowest BCUT2D eigenvalue weighted by Crippen LogP contribution is -2.11. The average Bonchev–Trinajstić information content (AvgIpc) is 3.59. The number of hydrogen-bond donors (Lipinski definition) is 0. The third-order valence-corrected chi connectivity index (χ3v) is 11.4. The van der Waals surface area contributed by atoms with Crippen molar-refractivity contribution in [1.29, 1.82) is 0 Å². The van der Waals surface area contributed by atoms with Crippen molar-refractivity contribution < 1.29 is 0 Å². The van der Waals surface area contributed by atoms with Crippen LogP contribution in [-0.4, -0.2) is 0 Å². The van der Waals surface area contributed by atoms with Gasteiger partial charge in [-0.25, -0.2) is 0 Å². The van der Waals surface area contributed by atoms with Crippen LogP contribution in [0.15, 0.2) is 200 Å². The molecule has 0 N–H and O–H groups in total. The summed E-state index contributed by atoms with van der Waals surface area (Å²) < 4.78 is 2.65. The first-order valence-electron chi connectivity index (χ1n) is 17.7. The maximum Gasteiger partial charge on any atom is 0.0540 e. The van der Waals surface area contributed by atoms with Crippen LogP contribution in [0.25, 0.3) is 75.1 Å². The smallest absolute Gasteiger partial charge is 0.0540 e. The van der Waals surface area contributed by atoms with E-state index in [0.29, 0.717) is 0 Å². The maximum absolute atomic E-state index is 2.40. The fourth-order valence-corrected chi connectivity index (χ4v) is 8.72. The minimum Gasteiger partial charge on any atom is -0.310 e. The van der Waals surface area contributed by atoms with E-state index in [1.807, 2.05) is 11.3 Å². The normalized spacial score (nSPS) is 11.5. The molecular weight excluding hydrogens is 647 g/mol. The van der Waals surface area contributed by atoms with Crippen LogP contribution in [0.4, 0.5) is 17.1 Å². The summed E-state index contributed by atoms with van der Waals surface area (Å²) in [5.74, 6) is 0. The molecule has 0 amide bonds. The predicted molar refractivity (Wildman–Crippen MR) is 225 cm³/mol. The molecule has 0 aliphatic rings. The topological polar surface area (TPSA) is 3.24 Å². The second kappa shape index (κ2) is 12.7. The number of thiophene rings is 1. The highest BCUT2D eigenvalue weighted by molar-refractivity contribution is 7.25. The van der Waals surface area contributed by atoms with E-state index in [9.17, 15) is 0 Å². The van der Waals surface area contributed by atoms with E-state index in [0.717, 1.165) is 17.1 Å². The summed E-state index contributed by atoms with van der Waals surface area (Å²) in [6.07, 6.45) is 0. The Hall–Kier alpha value is -6.48. The number of para-hydroxylation sites is 1. The van der Waals surface area contributed by atoms with Crippen molar-refractivity contribution >= 4 is 70.1 Å². The second-order valence-corrected chi connectivity index (χ2v) is 14.5. The van der Waals surface area contributed by atoms with E-state index in [-0.39, 0.29) is 0 Å². The molecule has 52 heavy (non-hydrogen) atoms. The van der Waals surface area contributed by atoms with Gasteiger partial charge in [-0.3, -0.25) is 0 Å². The molecule has 10 aromatic rings. The summed E-state index contributed by atoms with van der Waals surface area (Å²) in [5, 5.41) is 7.64. The first-order valence-corrected chi connectivity index (χ1v) is 18.6. The summed E-state index contributed by atoms with van der Waals surface area (Å²) in [6, 6.07) is 73.0. The van der Waals surface area contributed by atoms with E-state index in [4.69, 9.17) is 0 Å². The third kappa shape index (κ3) is 5.42. The van der Waals surface area contributed by atoms with Crippen molar-refractivity contribution in [3.8, 4) is 33.4 Å². The Labute approximate surface area is 307 Å². The van der Waals surface area contributed by atoms with Gasteiger partial charge in [-0.05, 0) is 104 Å². The van der Waals surface area contributed by atoms with Gasteiger partial charge in [0.15, 0.2) is 0 Å². The standard InChI is InChI=1S/C50H33NS/c1-3-11-38-31-40(19-17-34(38)9-1)36-21-26-43(27-22-36)51(48-15-7-5-13-45(48)42-20-18-35-10-2-4-12-39(35)32-42)44-28-23-37(24-29-44)41-25-30-47-46-14-6-8-16-49(46)52-50(47)33-41/h1-33H. The van der Waals surface area contributed by atoms with Crippen LogP contribution in [-0.2, 0) is 0 Å². The molecule has 1 nitrogen and oxygen atoms in total. The number of anilines is 3. The fraction of sp³-hybridized carbons (Fsp3) is 0. The highest BCUT2D eigenvalue weighted by Gasteiger charge is 2.18. The van der Waals surface area contributed by atoms with Gasteiger partial charge in [-0.1, -0.05) is 146 Å².